The molecule has 1 unspecified atom stereocenters. The highest BCUT2D eigenvalue weighted by molar-refractivity contribution is 6.46. The van der Waals surface area contributed by atoms with Crippen molar-refractivity contribution in [1.82, 2.24) is 4.90 Å². The monoisotopic (exact) mass is 419 g/mol. The first-order valence-electron chi connectivity index (χ1n) is 9.71. The van der Waals surface area contributed by atoms with E-state index in [1.54, 1.807) is 30.3 Å². The molecular weight excluding hydrogens is 400 g/mol. The SMILES string of the molecule is Cc1ccc(/C(O)=C2/C(=O)C(=O)N(Cc3ccc(F)cc3)C2c2ccccc2F)cc1. The number of aliphatic hydroxyl groups is 1. The molecule has 0 spiro atoms. The summed E-state index contributed by atoms with van der Waals surface area (Å²) in [5, 5.41) is 11.0. The number of halogens is 2. The highest BCUT2D eigenvalue weighted by Gasteiger charge is 2.46. The van der Waals surface area contributed by atoms with Gasteiger partial charge in [0.05, 0.1) is 11.6 Å². The molecular formula is C25H19F2NO3. The van der Waals surface area contributed by atoms with E-state index in [9.17, 15) is 23.5 Å². The van der Waals surface area contributed by atoms with E-state index in [1.807, 2.05) is 6.92 Å². The Bertz CT molecular complexity index is 1180. The fourth-order valence-corrected chi connectivity index (χ4v) is 3.72. The Morgan fingerprint density at radius 2 is 1.58 bits per heavy atom. The third-order valence-corrected chi connectivity index (χ3v) is 5.33. The van der Waals surface area contributed by atoms with Crippen LogP contribution < -0.4 is 0 Å². The Morgan fingerprint density at radius 1 is 0.935 bits per heavy atom. The topological polar surface area (TPSA) is 57.6 Å². The summed E-state index contributed by atoms with van der Waals surface area (Å²) >= 11 is 0. The molecule has 0 saturated carbocycles. The van der Waals surface area contributed by atoms with Crippen molar-refractivity contribution in [3.05, 3.63) is 112 Å². The zero-order chi connectivity index (χ0) is 22.1. The number of benzene rings is 3. The van der Waals surface area contributed by atoms with E-state index in [0.717, 1.165) is 5.56 Å². The van der Waals surface area contributed by atoms with Crippen LogP contribution in [-0.4, -0.2) is 21.7 Å². The molecule has 3 aromatic carbocycles. The standard InChI is InChI=1S/C25H19F2NO3/c1-15-6-10-17(11-7-15)23(29)21-22(19-4-2-3-5-20(19)27)28(25(31)24(21)30)14-16-8-12-18(26)13-9-16/h2-13,22,29H,14H2,1H3/b23-21-. The summed E-state index contributed by atoms with van der Waals surface area (Å²) in [4.78, 5) is 27.1. The fraction of sp³-hybridized carbons (Fsp3) is 0.120. The third-order valence-electron chi connectivity index (χ3n) is 5.33. The Hall–Kier alpha value is -3.80. The second-order valence-corrected chi connectivity index (χ2v) is 7.44. The van der Waals surface area contributed by atoms with Gasteiger partial charge >= 0.3 is 0 Å². The van der Waals surface area contributed by atoms with Crippen molar-refractivity contribution in [2.24, 2.45) is 0 Å². The molecule has 0 aromatic heterocycles. The number of ketones is 1. The Kier molecular flexibility index (Phi) is 5.38. The van der Waals surface area contributed by atoms with Gasteiger partial charge in [-0.3, -0.25) is 9.59 Å². The van der Waals surface area contributed by atoms with Gasteiger partial charge in [-0.05, 0) is 30.7 Å². The quantitative estimate of drug-likeness (QED) is 0.372. The maximum absolute atomic E-state index is 14.7. The molecule has 31 heavy (non-hydrogen) atoms. The van der Waals surface area contributed by atoms with Gasteiger partial charge in [0.2, 0.25) is 0 Å². The number of carbonyl (C=O) groups excluding carboxylic acids is 2. The van der Waals surface area contributed by atoms with Crippen molar-refractivity contribution in [3.8, 4) is 0 Å². The second-order valence-electron chi connectivity index (χ2n) is 7.44. The van der Waals surface area contributed by atoms with Crippen molar-refractivity contribution in [1.29, 1.82) is 0 Å². The average Bonchev–Trinajstić information content (AvgIpc) is 3.00. The first kappa shape index (κ1) is 20.5. The number of rotatable bonds is 4. The predicted molar refractivity (Wildman–Crippen MR) is 112 cm³/mol. The van der Waals surface area contributed by atoms with Crippen molar-refractivity contribution in [2.75, 3.05) is 0 Å². The van der Waals surface area contributed by atoms with Gasteiger partial charge in [-0.1, -0.05) is 60.2 Å². The van der Waals surface area contributed by atoms with Crippen molar-refractivity contribution < 1.29 is 23.5 Å². The van der Waals surface area contributed by atoms with Crippen molar-refractivity contribution in [2.45, 2.75) is 19.5 Å². The van der Waals surface area contributed by atoms with Gasteiger partial charge in [0.1, 0.15) is 17.4 Å². The first-order valence-corrected chi connectivity index (χ1v) is 9.71. The van der Waals surface area contributed by atoms with Crippen LogP contribution in [0.3, 0.4) is 0 Å². The Labute approximate surface area is 178 Å². The molecule has 0 bridgehead atoms. The van der Waals surface area contributed by atoms with Gasteiger partial charge < -0.3 is 10.0 Å². The molecule has 156 valence electrons. The average molecular weight is 419 g/mol. The van der Waals surface area contributed by atoms with Crippen LogP contribution in [0.5, 0.6) is 0 Å². The summed E-state index contributed by atoms with van der Waals surface area (Å²) < 4.78 is 28.0. The van der Waals surface area contributed by atoms with Crippen LogP contribution in [0.4, 0.5) is 8.78 Å². The van der Waals surface area contributed by atoms with Gasteiger partial charge in [0.15, 0.2) is 0 Å². The molecule has 1 aliphatic heterocycles. The Morgan fingerprint density at radius 3 is 2.23 bits per heavy atom. The molecule has 1 heterocycles. The summed E-state index contributed by atoms with van der Waals surface area (Å²) in [7, 11) is 0. The van der Waals surface area contributed by atoms with E-state index >= 15 is 0 Å². The third kappa shape index (κ3) is 3.84. The smallest absolute Gasteiger partial charge is 0.295 e. The minimum absolute atomic E-state index is 0.0471. The van der Waals surface area contributed by atoms with E-state index in [2.05, 4.69) is 0 Å². The predicted octanol–water partition coefficient (Wildman–Crippen LogP) is 4.90. The molecule has 0 aliphatic carbocycles. The number of amides is 1. The van der Waals surface area contributed by atoms with E-state index in [1.165, 1.54) is 47.4 Å². The number of aryl methyl sites for hydroxylation is 1. The summed E-state index contributed by atoms with van der Waals surface area (Å²) in [5.74, 6) is -3.16. The normalized spacial score (nSPS) is 17.9. The minimum atomic E-state index is -1.12. The van der Waals surface area contributed by atoms with Crippen LogP contribution in [0.1, 0.15) is 28.3 Å². The minimum Gasteiger partial charge on any atom is -0.507 e. The largest absolute Gasteiger partial charge is 0.507 e. The van der Waals surface area contributed by atoms with E-state index in [4.69, 9.17) is 0 Å². The molecule has 6 heteroatoms. The zero-order valence-corrected chi connectivity index (χ0v) is 16.7. The highest BCUT2D eigenvalue weighted by Crippen LogP contribution is 2.41. The molecule has 3 aromatic rings. The molecule has 1 aliphatic rings. The lowest BCUT2D eigenvalue weighted by molar-refractivity contribution is -0.140. The van der Waals surface area contributed by atoms with E-state index in [0.29, 0.717) is 11.1 Å². The maximum Gasteiger partial charge on any atom is 0.295 e. The van der Waals surface area contributed by atoms with Crippen LogP contribution in [0.25, 0.3) is 5.76 Å². The Balaban J connectivity index is 1.87. The number of carbonyl (C=O) groups is 2. The lowest BCUT2D eigenvalue weighted by Crippen LogP contribution is -2.29. The fourth-order valence-electron chi connectivity index (χ4n) is 3.72. The molecule has 1 amide bonds. The van der Waals surface area contributed by atoms with Crippen molar-refractivity contribution >= 4 is 17.4 Å². The highest BCUT2D eigenvalue weighted by atomic mass is 19.1. The number of likely N-dealkylation sites (tertiary alicyclic amines) is 1. The van der Waals surface area contributed by atoms with Crippen LogP contribution >= 0.6 is 0 Å². The van der Waals surface area contributed by atoms with E-state index < -0.39 is 29.4 Å². The van der Waals surface area contributed by atoms with Gasteiger partial charge in [0, 0.05) is 17.7 Å². The maximum atomic E-state index is 14.7. The van der Waals surface area contributed by atoms with Gasteiger partial charge in [-0.15, -0.1) is 0 Å². The molecule has 1 fully saturated rings. The molecule has 1 saturated heterocycles. The molecule has 4 rings (SSSR count). The summed E-state index contributed by atoms with van der Waals surface area (Å²) in [6.45, 7) is 1.83. The second kappa shape index (κ2) is 8.14. The molecule has 1 N–H and O–H groups in total. The van der Waals surface area contributed by atoms with Crippen LogP contribution in [-0.2, 0) is 16.1 Å². The molecule has 1 atom stereocenters. The van der Waals surface area contributed by atoms with Crippen LogP contribution in [0, 0.1) is 18.6 Å². The summed E-state index contributed by atoms with van der Waals surface area (Å²) in [5.41, 5.74) is 1.80. The van der Waals surface area contributed by atoms with E-state index in [-0.39, 0.29) is 23.4 Å². The summed E-state index contributed by atoms with van der Waals surface area (Å²) in [6.07, 6.45) is 0. The zero-order valence-electron chi connectivity index (χ0n) is 16.7. The van der Waals surface area contributed by atoms with Gasteiger partial charge in [-0.2, -0.15) is 0 Å². The number of hydrogen-bond donors (Lipinski definition) is 1. The van der Waals surface area contributed by atoms with Crippen LogP contribution in [0.15, 0.2) is 78.4 Å². The number of aliphatic hydroxyl groups excluding tert-OH is 1. The van der Waals surface area contributed by atoms with Gasteiger partial charge in [-0.25, -0.2) is 8.78 Å². The van der Waals surface area contributed by atoms with Crippen LogP contribution in [0.2, 0.25) is 0 Å². The lowest BCUT2D eigenvalue weighted by Gasteiger charge is -2.25. The molecule has 0 radical (unpaired) electrons. The summed E-state index contributed by atoms with van der Waals surface area (Å²) in [6, 6.07) is 17.0. The van der Waals surface area contributed by atoms with Gasteiger partial charge in [0.25, 0.3) is 11.7 Å². The lowest BCUT2D eigenvalue weighted by atomic mass is 9.94. The molecule has 4 nitrogen and oxygen atoms in total. The first-order chi connectivity index (χ1) is 14.9. The number of nitrogens with zero attached hydrogens (tertiary/aromatic N) is 1. The number of Topliss-reactive ketones (excluding diaryl/α,β-unsaturated/α-hetero) is 1. The number of hydrogen-bond acceptors (Lipinski definition) is 3. The van der Waals surface area contributed by atoms with Crippen molar-refractivity contribution in [3.63, 3.8) is 0 Å².